The molecule has 0 aliphatic carbocycles. The van der Waals surface area contributed by atoms with Crippen LogP contribution in [0.1, 0.15) is 0 Å². The molecule has 0 aromatic rings. The molecule has 0 amide bonds. The molecule has 0 aromatic heterocycles. The summed E-state index contributed by atoms with van der Waals surface area (Å²) in [5.74, 6) is 0. The highest BCUT2D eigenvalue weighted by molar-refractivity contribution is 7.46. The van der Waals surface area contributed by atoms with Crippen LogP contribution in [0.25, 0.3) is 0 Å². The molecule has 15 heavy (non-hydrogen) atoms. The lowest BCUT2D eigenvalue weighted by atomic mass is 10.1. The molecule has 1 aliphatic heterocycles. The van der Waals surface area contributed by atoms with Gasteiger partial charge in [0.1, 0.15) is 24.4 Å². The number of phosphoric ester groups is 1. The number of phosphoric acid groups is 1. The van der Waals surface area contributed by atoms with E-state index in [2.05, 4.69) is 4.52 Å². The van der Waals surface area contributed by atoms with E-state index in [4.69, 9.17) is 25.0 Å². The summed E-state index contributed by atoms with van der Waals surface area (Å²) in [6, 6.07) is 0. The number of hydrogen-bond acceptors (Lipinski definition) is 6. The van der Waals surface area contributed by atoms with Gasteiger partial charge in [0, 0.05) is 0 Å². The van der Waals surface area contributed by atoms with Crippen LogP contribution in [0.3, 0.4) is 0 Å². The van der Waals surface area contributed by atoms with Crippen LogP contribution >= 0.6 is 7.82 Å². The van der Waals surface area contributed by atoms with E-state index >= 15 is 0 Å². The van der Waals surface area contributed by atoms with Gasteiger partial charge in [0.2, 0.25) is 0 Å². The summed E-state index contributed by atoms with van der Waals surface area (Å²) in [5, 5.41) is 25.0. The van der Waals surface area contributed by atoms with Gasteiger partial charge in [-0.3, -0.25) is 4.52 Å². The standard InChI is InChI=1S/C6H11NO7P/c7-1-3-6(14-15(10,11)12)5(9)4(2-8)13-3/h3-9H,2H2,(H2,10,11,12)/t3?,4-,5-,6+/m1/s1. The molecule has 0 bridgehead atoms. The van der Waals surface area contributed by atoms with Gasteiger partial charge < -0.3 is 30.1 Å². The maximum absolute atomic E-state index is 10.5. The molecule has 1 heterocycles. The molecule has 0 saturated carbocycles. The Balaban J connectivity index is 2.76. The van der Waals surface area contributed by atoms with Crippen LogP contribution in [-0.2, 0) is 13.8 Å². The Hall–Kier alpha value is -0.340. The first-order valence-corrected chi connectivity index (χ1v) is 5.52. The summed E-state index contributed by atoms with van der Waals surface area (Å²) in [4.78, 5) is 17.1. The van der Waals surface area contributed by atoms with Gasteiger partial charge in [-0.05, 0) is 0 Å². The van der Waals surface area contributed by atoms with Crippen LogP contribution in [0.4, 0.5) is 0 Å². The minimum Gasteiger partial charge on any atom is -0.394 e. The van der Waals surface area contributed by atoms with Crippen molar-refractivity contribution in [1.82, 2.24) is 0 Å². The second-order valence-corrected chi connectivity index (χ2v) is 4.17. The second-order valence-electron chi connectivity index (χ2n) is 2.97. The maximum atomic E-state index is 10.5. The van der Waals surface area contributed by atoms with E-state index in [1.54, 1.807) is 0 Å². The van der Waals surface area contributed by atoms with E-state index in [0.29, 0.717) is 0 Å². The van der Waals surface area contributed by atoms with Gasteiger partial charge in [-0.15, -0.1) is 0 Å². The fourth-order valence-electron chi connectivity index (χ4n) is 1.28. The molecule has 8 nitrogen and oxygen atoms in total. The minimum absolute atomic E-state index is 0.541. The normalized spacial score (nSPS) is 36.8. The topological polar surface area (TPSA) is 140 Å². The third-order valence-corrected chi connectivity index (χ3v) is 2.44. The van der Waals surface area contributed by atoms with Crippen molar-refractivity contribution in [2.75, 3.05) is 6.61 Å². The highest BCUT2D eigenvalue weighted by atomic mass is 31.2. The predicted molar refractivity (Wildman–Crippen MR) is 46.4 cm³/mol. The summed E-state index contributed by atoms with van der Waals surface area (Å²) in [5.41, 5.74) is 0. The Morgan fingerprint density at radius 3 is 2.53 bits per heavy atom. The Bertz CT molecular complexity index is 279. The van der Waals surface area contributed by atoms with Crippen LogP contribution in [-0.4, -0.2) is 57.2 Å². The van der Waals surface area contributed by atoms with Crippen LogP contribution in [0.5, 0.6) is 0 Å². The summed E-state index contributed by atoms with van der Waals surface area (Å²) in [6.07, 6.45) is -3.24. The lowest BCUT2D eigenvalue weighted by Gasteiger charge is -2.18. The fraction of sp³-hybridized carbons (Fsp3) is 0.833. The van der Waals surface area contributed by atoms with Gasteiger partial charge in [0.05, 0.1) is 12.8 Å². The highest BCUT2D eigenvalue weighted by Gasteiger charge is 2.46. The molecule has 87 valence electrons. The average Bonchev–Trinajstić information content (AvgIpc) is 2.42. The minimum atomic E-state index is -4.78. The molecule has 9 heteroatoms. The monoisotopic (exact) mass is 240 g/mol. The molecular formula is C6H11NO7P. The summed E-state index contributed by atoms with van der Waals surface area (Å²) < 4.78 is 19.7. The van der Waals surface area contributed by atoms with Crippen LogP contribution in [0.2, 0.25) is 0 Å². The van der Waals surface area contributed by atoms with E-state index in [1.807, 2.05) is 6.21 Å². The molecule has 5 N–H and O–H groups in total. The third-order valence-electron chi connectivity index (χ3n) is 1.92. The van der Waals surface area contributed by atoms with Crippen molar-refractivity contribution in [1.29, 1.82) is 5.41 Å². The lowest BCUT2D eigenvalue weighted by molar-refractivity contribution is -0.00964. The van der Waals surface area contributed by atoms with Gasteiger partial charge in [-0.2, -0.15) is 0 Å². The molecule has 0 aromatic carbocycles. The second kappa shape index (κ2) is 4.67. The zero-order valence-electron chi connectivity index (χ0n) is 7.48. The quantitative estimate of drug-likeness (QED) is 0.286. The smallest absolute Gasteiger partial charge is 0.394 e. The Morgan fingerprint density at radius 1 is 1.53 bits per heavy atom. The summed E-state index contributed by atoms with van der Waals surface area (Å²) >= 11 is 0. The summed E-state index contributed by atoms with van der Waals surface area (Å²) in [6.45, 7) is -0.541. The number of aliphatic hydroxyl groups is 2. The summed E-state index contributed by atoms with van der Waals surface area (Å²) in [7, 11) is -4.78. The van der Waals surface area contributed by atoms with E-state index in [0.717, 1.165) is 0 Å². The van der Waals surface area contributed by atoms with E-state index in [1.165, 1.54) is 0 Å². The van der Waals surface area contributed by atoms with Crippen LogP contribution in [0, 0.1) is 5.41 Å². The third kappa shape index (κ3) is 3.05. The molecule has 1 fully saturated rings. The van der Waals surface area contributed by atoms with Crippen molar-refractivity contribution in [2.24, 2.45) is 0 Å². The van der Waals surface area contributed by atoms with Crippen molar-refractivity contribution in [3.8, 4) is 0 Å². The number of nitrogens with one attached hydrogen (secondary N) is 1. The van der Waals surface area contributed by atoms with Crippen LogP contribution < -0.4 is 0 Å². The lowest BCUT2D eigenvalue weighted by Crippen LogP contribution is -2.36. The first-order chi connectivity index (χ1) is 6.89. The molecule has 1 unspecified atom stereocenters. The molecule has 1 rings (SSSR count). The van der Waals surface area contributed by atoms with Crippen LogP contribution in [0.15, 0.2) is 0 Å². The number of rotatable bonds is 4. The van der Waals surface area contributed by atoms with Gasteiger partial charge in [-0.25, -0.2) is 4.57 Å². The Labute approximate surface area is 85.2 Å². The van der Waals surface area contributed by atoms with Crippen molar-refractivity contribution >= 4 is 14.0 Å². The van der Waals surface area contributed by atoms with Crippen molar-refractivity contribution in [2.45, 2.75) is 24.4 Å². The predicted octanol–water partition coefficient (Wildman–Crippen LogP) is -1.89. The highest BCUT2D eigenvalue weighted by Crippen LogP contribution is 2.41. The van der Waals surface area contributed by atoms with Crippen molar-refractivity contribution in [3.05, 3.63) is 0 Å². The maximum Gasteiger partial charge on any atom is 0.470 e. The molecule has 1 saturated heterocycles. The van der Waals surface area contributed by atoms with Crippen molar-refractivity contribution in [3.63, 3.8) is 0 Å². The zero-order chi connectivity index (χ0) is 11.6. The first kappa shape index (κ1) is 12.7. The average molecular weight is 240 g/mol. The number of ether oxygens (including phenoxy) is 1. The first-order valence-electron chi connectivity index (χ1n) is 3.99. The van der Waals surface area contributed by atoms with Gasteiger partial charge in [-0.1, -0.05) is 0 Å². The van der Waals surface area contributed by atoms with E-state index in [-0.39, 0.29) is 0 Å². The van der Waals surface area contributed by atoms with E-state index in [9.17, 15) is 9.67 Å². The molecule has 1 radical (unpaired) electrons. The van der Waals surface area contributed by atoms with Gasteiger partial charge >= 0.3 is 7.82 Å². The van der Waals surface area contributed by atoms with Crippen molar-refractivity contribution < 1.29 is 33.8 Å². The number of hydrogen-bond donors (Lipinski definition) is 5. The van der Waals surface area contributed by atoms with E-state index < -0.39 is 38.8 Å². The molecule has 0 spiro atoms. The Morgan fingerprint density at radius 2 is 2.13 bits per heavy atom. The largest absolute Gasteiger partial charge is 0.470 e. The molecular weight excluding hydrogens is 229 g/mol. The van der Waals surface area contributed by atoms with Gasteiger partial charge in [0.25, 0.3) is 0 Å². The Kier molecular flexibility index (Phi) is 3.96. The van der Waals surface area contributed by atoms with Gasteiger partial charge in [0.15, 0.2) is 0 Å². The zero-order valence-corrected chi connectivity index (χ0v) is 8.37. The molecule has 1 aliphatic rings. The fourth-order valence-corrected chi connectivity index (χ4v) is 1.83. The SMILES string of the molecule is N=[C]C1O[C@H](CO)[C@@H](O)[C@H]1OP(=O)(O)O. The molecule has 4 atom stereocenters. The number of aliphatic hydroxyl groups excluding tert-OH is 2.